The van der Waals surface area contributed by atoms with Gasteiger partial charge in [-0.15, -0.1) is 0 Å². The second kappa shape index (κ2) is 11.7. The molecule has 0 aliphatic carbocycles. The van der Waals surface area contributed by atoms with Crippen LogP contribution in [0.15, 0.2) is 66.7 Å². The summed E-state index contributed by atoms with van der Waals surface area (Å²) in [4.78, 5) is 17.1. The number of hydrogen-bond acceptors (Lipinski definition) is 4. The number of methoxy groups -OCH3 is 1. The highest BCUT2D eigenvalue weighted by Crippen LogP contribution is 2.24. The van der Waals surface area contributed by atoms with E-state index in [4.69, 9.17) is 21.1 Å². The summed E-state index contributed by atoms with van der Waals surface area (Å²) in [7, 11) is 1.65. The smallest absolute Gasteiger partial charge is 0.254 e. The normalized spacial score (nSPS) is 15.1. The molecule has 5 nitrogen and oxygen atoms in total. The van der Waals surface area contributed by atoms with Crippen LogP contribution >= 0.6 is 11.6 Å². The molecule has 1 heterocycles. The van der Waals surface area contributed by atoms with Crippen molar-refractivity contribution < 1.29 is 18.7 Å². The number of rotatable bonds is 8. The zero-order valence-electron chi connectivity index (χ0n) is 20.0. The molecule has 1 fully saturated rings. The van der Waals surface area contributed by atoms with E-state index in [1.54, 1.807) is 18.1 Å². The quantitative estimate of drug-likeness (QED) is 0.412. The van der Waals surface area contributed by atoms with E-state index >= 15 is 0 Å². The molecule has 0 N–H and O–H groups in total. The van der Waals surface area contributed by atoms with Crippen molar-refractivity contribution in [3.8, 4) is 5.75 Å². The lowest BCUT2D eigenvalue weighted by molar-refractivity contribution is 0.00336. The molecule has 7 heteroatoms. The molecule has 1 aliphatic rings. The minimum Gasteiger partial charge on any atom is -0.497 e. The van der Waals surface area contributed by atoms with E-state index in [9.17, 15) is 9.18 Å². The number of carbonyl (C=O) groups is 1. The molecular formula is C28H30ClFN2O3. The van der Waals surface area contributed by atoms with E-state index in [0.29, 0.717) is 49.9 Å². The van der Waals surface area contributed by atoms with Crippen molar-refractivity contribution in [3.05, 3.63) is 99.8 Å². The summed E-state index contributed by atoms with van der Waals surface area (Å²) >= 11 is 6.11. The van der Waals surface area contributed by atoms with Crippen molar-refractivity contribution in [2.45, 2.75) is 19.6 Å². The molecule has 0 saturated carbocycles. The Morgan fingerprint density at radius 2 is 1.77 bits per heavy atom. The van der Waals surface area contributed by atoms with Crippen LogP contribution in [0, 0.1) is 12.7 Å². The van der Waals surface area contributed by atoms with Gasteiger partial charge in [-0.3, -0.25) is 9.69 Å². The molecule has 1 atom stereocenters. The number of ether oxygens (including phenoxy) is 2. The fourth-order valence-electron chi connectivity index (χ4n) is 4.25. The highest BCUT2D eigenvalue weighted by Gasteiger charge is 2.26. The lowest BCUT2D eigenvalue weighted by Gasteiger charge is -2.36. The first kappa shape index (κ1) is 25.2. The van der Waals surface area contributed by atoms with Crippen LogP contribution in [0.25, 0.3) is 0 Å². The first-order valence-electron chi connectivity index (χ1n) is 11.7. The maximum atomic E-state index is 13.7. The van der Waals surface area contributed by atoms with Crippen molar-refractivity contribution in [3.63, 3.8) is 0 Å². The van der Waals surface area contributed by atoms with Gasteiger partial charge in [-0.1, -0.05) is 41.9 Å². The molecule has 4 rings (SSSR count). The average molecular weight is 497 g/mol. The van der Waals surface area contributed by atoms with Gasteiger partial charge in [0.2, 0.25) is 0 Å². The molecule has 3 aromatic rings. The summed E-state index contributed by atoms with van der Waals surface area (Å²) in [5, 5.41) is 0.681. The summed E-state index contributed by atoms with van der Waals surface area (Å²) in [6.45, 7) is 5.56. The SMILES string of the molecule is COc1cccc(CO[C@@H](CN2CCN(C(=O)c3cc(F)ccc3C)CC2)c2ccc(Cl)cc2)c1. The number of aryl methyl sites for hydroxylation is 1. The molecule has 0 spiro atoms. The third kappa shape index (κ3) is 6.60. The number of benzene rings is 3. The van der Waals surface area contributed by atoms with Gasteiger partial charge in [0.15, 0.2) is 0 Å². The van der Waals surface area contributed by atoms with Crippen LogP contribution in [-0.2, 0) is 11.3 Å². The molecule has 0 bridgehead atoms. The molecule has 0 aromatic heterocycles. The van der Waals surface area contributed by atoms with Crippen molar-refractivity contribution >= 4 is 17.5 Å². The Bertz CT molecular complexity index is 1150. The van der Waals surface area contributed by atoms with Crippen LogP contribution in [0.5, 0.6) is 5.75 Å². The van der Waals surface area contributed by atoms with E-state index < -0.39 is 5.82 Å². The lowest BCUT2D eigenvalue weighted by atomic mass is 10.1. The Labute approximate surface area is 211 Å². The number of hydrogen-bond donors (Lipinski definition) is 0. The van der Waals surface area contributed by atoms with Crippen LogP contribution in [-0.4, -0.2) is 55.5 Å². The minimum absolute atomic E-state index is 0.120. The first-order chi connectivity index (χ1) is 16.9. The topological polar surface area (TPSA) is 42.0 Å². The van der Waals surface area contributed by atoms with Crippen molar-refractivity contribution in [1.29, 1.82) is 0 Å². The maximum Gasteiger partial charge on any atom is 0.254 e. The lowest BCUT2D eigenvalue weighted by Crippen LogP contribution is -2.49. The molecular weight excluding hydrogens is 467 g/mol. The van der Waals surface area contributed by atoms with Crippen LogP contribution in [0.4, 0.5) is 4.39 Å². The fourth-order valence-corrected chi connectivity index (χ4v) is 4.38. The molecule has 184 valence electrons. The van der Waals surface area contributed by atoms with E-state index in [1.165, 1.54) is 12.1 Å². The van der Waals surface area contributed by atoms with Gasteiger partial charge >= 0.3 is 0 Å². The van der Waals surface area contributed by atoms with Gasteiger partial charge < -0.3 is 14.4 Å². The van der Waals surface area contributed by atoms with E-state index in [1.807, 2.05) is 55.5 Å². The highest BCUT2D eigenvalue weighted by molar-refractivity contribution is 6.30. The van der Waals surface area contributed by atoms with E-state index in [-0.39, 0.29) is 12.0 Å². The summed E-state index contributed by atoms with van der Waals surface area (Å²) < 4.78 is 25.4. The molecule has 1 aliphatic heterocycles. The zero-order chi connectivity index (χ0) is 24.8. The number of piperazine rings is 1. The first-order valence-corrected chi connectivity index (χ1v) is 12.1. The summed E-state index contributed by atoms with van der Waals surface area (Å²) in [6, 6.07) is 19.9. The van der Waals surface area contributed by atoms with E-state index in [0.717, 1.165) is 22.4 Å². The monoisotopic (exact) mass is 496 g/mol. The predicted molar refractivity (Wildman–Crippen MR) is 135 cm³/mol. The van der Waals surface area contributed by atoms with Crippen molar-refractivity contribution in [2.75, 3.05) is 39.8 Å². The minimum atomic E-state index is -0.392. The fraction of sp³-hybridized carbons (Fsp3) is 0.321. The zero-order valence-corrected chi connectivity index (χ0v) is 20.8. The van der Waals surface area contributed by atoms with E-state index in [2.05, 4.69) is 4.90 Å². The van der Waals surface area contributed by atoms with Gasteiger partial charge in [-0.2, -0.15) is 0 Å². The van der Waals surface area contributed by atoms with Gasteiger partial charge in [0.05, 0.1) is 19.8 Å². The predicted octanol–water partition coefficient (Wildman–Crippen LogP) is 5.51. The maximum absolute atomic E-state index is 13.7. The molecule has 1 amide bonds. The second-order valence-electron chi connectivity index (χ2n) is 8.75. The Morgan fingerprint density at radius 1 is 1.03 bits per heavy atom. The average Bonchev–Trinajstić information content (AvgIpc) is 2.88. The second-order valence-corrected chi connectivity index (χ2v) is 9.19. The third-order valence-corrected chi connectivity index (χ3v) is 6.59. The molecule has 0 radical (unpaired) electrons. The standard InChI is InChI=1S/C28H30ClFN2O3/c1-20-6-11-24(30)17-26(20)28(33)32-14-12-31(13-15-32)18-27(22-7-9-23(29)10-8-22)35-19-21-4-3-5-25(16-21)34-2/h3-11,16-17,27H,12-15,18-19H2,1-2H3/t27-/m0/s1. The van der Waals surface area contributed by atoms with Crippen LogP contribution in [0.2, 0.25) is 5.02 Å². The van der Waals surface area contributed by atoms with Gasteiger partial charge in [-0.05, 0) is 60.0 Å². The Hall–Kier alpha value is -2.93. The number of nitrogens with zero attached hydrogens (tertiary/aromatic N) is 2. The largest absolute Gasteiger partial charge is 0.497 e. The van der Waals surface area contributed by atoms with Gasteiger partial charge in [-0.25, -0.2) is 4.39 Å². The van der Waals surface area contributed by atoms with Crippen molar-refractivity contribution in [1.82, 2.24) is 9.80 Å². The van der Waals surface area contributed by atoms with Gasteiger partial charge in [0.25, 0.3) is 5.91 Å². The Kier molecular flexibility index (Phi) is 8.39. The number of amides is 1. The molecule has 0 unspecified atom stereocenters. The van der Waals surface area contributed by atoms with Crippen molar-refractivity contribution in [2.24, 2.45) is 0 Å². The highest BCUT2D eigenvalue weighted by atomic mass is 35.5. The summed E-state index contributed by atoms with van der Waals surface area (Å²) in [5.74, 6) is 0.283. The molecule has 1 saturated heterocycles. The number of halogens is 2. The Balaban J connectivity index is 1.40. The van der Waals surface area contributed by atoms with Crippen LogP contribution < -0.4 is 4.74 Å². The Morgan fingerprint density at radius 3 is 2.49 bits per heavy atom. The summed E-state index contributed by atoms with van der Waals surface area (Å²) in [5.41, 5.74) is 3.29. The van der Waals surface area contributed by atoms with Gasteiger partial charge in [0, 0.05) is 43.3 Å². The molecule has 35 heavy (non-hydrogen) atoms. The van der Waals surface area contributed by atoms with Crippen LogP contribution in [0.3, 0.4) is 0 Å². The van der Waals surface area contributed by atoms with Gasteiger partial charge in [0.1, 0.15) is 11.6 Å². The van der Waals surface area contributed by atoms with Crippen LogP contribution in [0.1, 0.15) is 33.2 Å². The third-order valence-electron chi connectivity index (χ3n) is 6.34. The number of carbonyl (C=O) groups excluding carboxylic acids is 1. The molecule has 3 aromatic carbocycles. The summed E-state index contributed by atoms with van der Waals surface area (Å²) in [6.07, 6.45) is -0.161.